The molecule has 0 aliphatic heterocycles. The van der Waals surface area contributed by atoms with Gasteiger partial charge < -0.3 is 25.8 Å². The number of nitrogen functional groups attached to an aromatic ring is 1. The second kappa shape index (κ2) is 7.06. The Kier molecular flexibility index (Phi) is 4.65. The molecule has 0 bridgehead atoms. The van der Waals surface area contributed by atoms with Crippen molar-refractivity contribution in [1.29, 1.82) is 0 Å². The van der Waals surface area contributed by atoms with Crippen molar-refractivity contribution >= 4 is 28.0 Å². The van der Waals surface area contributed by atoms with Crippen LogP contribution in [0.15, 0.2) is 29.3 Å². The molecule has 9 nitrogen and oxygen atoms in total. The summed E-state index contributed by atoms with van der Waals surface area (Å²) in [6, 6.07) is 3.67. The molecule has 5 N–H and O–H groups in total. The van der Waals surface area contributed by atoms with Crippen LogP contribution >= 0.6 is 0 Å². The number of H-pyrrole nitrogens is 1. The van der Waals surface area contributed by atoms with E-state index in [-0.39, 0.29) is 46.2 Å². The van der Waals surface area contributed by atoms with Gasteiger partial charge in [0.15, 0.2) is 11.2 Å². The summed E-state index contributed by atoms with van der Waals surface area (Å²) in [4.78, 5) is 23.5. The van der Waals surface area contributed by atoms with Crippen molar-refractivity contribution in [2.75, 3.05) is 18.9 Å². The van der Waals surface area contributed by atoms with Gasteiger partial charge in [0, 0.05) is 18.5 Å². The number of fused-ring (bicyclic) bond motifs is 2. The minimum Gasteiger partial charge on any atom is -0.493 e. The highest BCUT2D eigenvalue weighted by Gasteiger charge is 2.34. The van der Waals surface area contributed by atoms with Crippen LogP contribution in [0.4, 0.5) is 19.1 Å². The fraction of sp³-hybridized carbons (Fsp3) is 0.278. The largest absolute Gasteiger partial charge is 0.493 e. The lowest BCUT2D eigenvalue weighted by Crippen LogP contribution is -2.24. The van der Waals surface area contributed by atoms with Crippen LogP contribution in [-0.2, 0) is 13.2 Å². The molecule has 12 heteroatoms. The van der Waals surface area contributed by atoms with Crippen LogP contribution < -0.4 is 21.8 Å². The Morgan fingerprint density at radius 1 is 1.27 bits per heavy atom. The van der Waals surface area contributed by atoms with Gasteiger partial charge in [-0.2, -0.15) is 18.2 Å². The maximum atomic E-state index is 13.8. The van der Waals surface area contributed by atoms with E-state index >= 15 is 0 Å². The standard InChI is InChI=1S/C18H18F3N7O2/c1-27-12-6-9(30-4-2-3-22)5-11(18(19,20)21)10(12)7-13(27)28-16(29)14-15(25-8-24-14)26-17(28)23/h5-8H,2-4,22H2,1H3,(H2,23,26)(H,24,25). The first-order valence-electron chi connectivity index (χ1n) is 8.98. The fourth-order valence-corrected chi connectivity index (χ4v) is 3.32. The van der Waals surface area contributed by atoms with E-state index in [4.69, 9.17) is 16.2 Å². The average molecular weight is 421 g/mol. The molecule has 0 unspecified atom stereocenters. The molecule has 0 aliphatic rings. The van der Waals surface area contributed by atoms with Crippen LogP contribution in [0.5, 0.6) is 5.75 Å². The van der Waals surface area contributed by atoms with Gasteiger partial charge in [-0.3, -0.25) is 4.79 Å². The van der Waals surface area contributed by atoms with Gasteiger partial charge in [-0.05, 0) is 25.1 Å². The smallest absolute Gasteiger partial charge is 0.417 e. The Morgan fingerprint density at radius 2 is 2.03 bits per heavy atom. The summed E-state index contributed by atoms with van der Waals surface area (Å²) in [7, 11) is 1.53. The van der Waals surface area contributed by atoms with Crippen molar-refractivity contribution in [3.63, 3.8) is 0 Å². The van der Waals surface area contributed by atoms with Crippen molar-refractivity contribution in [1.82, 2.24) is 24.1 Å². The molecule has 0 atom stereocenters. The number of ether oxygens (including phenoxy) is 1. The third-order valence-electron chi connectivity index (χ3n) is 4.75. The second-order valence-corrected chi connectivity index (χ2v) is 6.67. The summed E-state index contributed by atoms with van der Waals surface area (Å²) in [5, 5.41) is -0.0952. The minimum atomic E-state index is -4.63. The average Bonchev–Trinajstić information content (AvgIpc) is 3.26. The maximum Gasteiger partial charge on any atom is 0.417 e. The third-order valence-corrected chi connectivity index (χ3v) is 4.75. The minimum absolute atomic E-state index is 0.0542. The van der Waals surface area contributed by atoms with Gasteiger partial charge in [0.1, 0.15) is 11.6 Å². The maximum absolute atomic E-state index is 13.8. The van der Waals surface area contributed by atoms with Crippen molar-refractivity contribution in [3.8, 4) is 11.6 Å². The first kappa shape index (κ1) is 19.8. The number of alkyl halides is 3. The topological polar surface area (TPSA) is 130 Å². The quantitative estimate of drug-likeness (QED) is 0.422. The van der Waals surface area contributed by atoms with E-state index in [1.54, 1.807) is 0 Å². The lowest BCUT2D eigenvalue weighted by Gasteiger charge is -2.13. The van der Waals surface area contributed by atoms with E-state index in [2.05, 4.69) is 15.0 Å². The van der Waals surface area contributed by atoms with Gasteiger partial charge in [0.05, 0.1) is 24.0 Å². The van der Waals surface area contributed by atoms with E-state index in [0.717, 1.165) is 10.6 Å². The molecule has 158 valence electrons. The molecule has 1 aromatic carbocycles. The molecule has 0 saturated carbocycles. The molecule has 4 rings (SSSR count). The zero-order valence-electron chi connectivity index (χ0n) is 15.8. The normalized spacial score (nSPS) is 12.2. The molecule has 0 spiro atoms. The highest BCUT2D eigenvalue weighted by atomic mass is 19.4. The van der Waals surface area contributed by atoms with E-state index in [0.29, 0.717) is 13.0 Å². The number of halogens is 3. The summed E-state index contributed by atoms with van der Waals surface area (Å²) in [6.45, 7) is 0.539. The Morgan fingerprint density at radius 3 is 2.73 bits per heavy atom. The molecule has 3 heterocycles. The highest BCUT2D eigenvalue weighted by molar-refractivity contribution is 5.89. The number of aromatic nitrogens is 5. The molecule has 30 heavy (non-hydrogen) atoms. The summed E-state index contributed by atoms with van der Waals surface area (Å²) in [6.07, 6.45) is -2.84. The number of nitrogens with one attached hydrogen (secondary N) is 1. The Hall–Kier alpha value is -3.54. The van der Waals surface area contributed by atoms with E-state index in [9.17, 15) is 18.0 Å². The molecule has 0 aliphatic carbocycles. The number of nitrogens with two attached hydrogens (primary N) is 2. The summed E-state index contributed by atoms with van der Waals surface area (Å²) < 4.78 is 49.2. The van der Waals surface area contributed by atoms with Crippen LogP contribution in [-0.4, -0.2) is 37.2 Å². The van der Waals surface area contributed by atoms with Crippen molar-refractivity contribution in [3.05, 3.63) is 40.4 Å². The van der Waals surface area contributed by atoms with Gasteiger partial charge in [0.2, 0.25) is 5.95 Å². The van der Waals surface area contributed by atoms with Crippen LogP contribution in [0.2, 0.25) is 0 Å². The predicted octanol–water partition coefficient (Wildman–Crippen LogP) is 1.93. The highest BCUT2D eigenvalue weighted by Crippen LogP contribution is 2.39. The number of anilines is 1. The molecule has 3 aromatic heterocycles. The van der Waals surface area contributed by atoms with Crippen LogP contribution in [0, 0.1) is 0 Å². The fourth-order valence-electron chi connectivity index (χ4n) is 3.32. The van der Waals surface area contributed by atoms with E-state index < -0.39 is 17.3 Å². The molecule has 0 amide bonds. The first-order valence-corrected chi connectivity index (χ1v) is 8.98. The Bertz CT molecular complexity index is 1300. The number of benzene rings is 1. The number of rotatable bonds is 5. The molecule has 0 saturated heterocycles. The molecule has 0 radical (unpaired) electrons. The zero-order valence-corrected chi connectivity index (χ0v) is 15.8. The number of imidazole rings is 1. The molecule has 4 aromatic rings. The monoisotopic (exact) mass is 421 g/mol. The summed E-state index contributed by atoms with van der Waals surface area (Å²) in [5.41, 5.74) is 10.3. The molecular formula is C18H18F3N7O2. The lowest BCUT2D eigenvalue weighted by atomic mass is 10.1. The predicted molar refractivity (Wildman–Crippen MR) is 105 cm³/mol. The van der Waals surface area contributed by atoms with Crippen LogP contribution in [0.1, 0.15) is 12.0 Å². The van der Waals surface area contributed by atoms with Crippen LogP contribution in [0.3, 0.4) is 0 Å². The van der Waals surface area contributed by atoms with Gasteiger partial charge in [-0.25, -0.2) is 9.55 Å². The molecular weight excluding hydrogens is 403 g/mol. The lowest BCUT2D eigenvalue weighted by molar-refractivity contribution is -0.136. The number of nitrogens with zero attached hydrogens (tertiary/aromatic N) is 4. The van der Waals surface area contributed by atoms with Crippen molar-refractivity contribution in [2.45, 2.75) is 12.6 Å². The zero-order chi connectivity index (χ0) is 21.6. The SMILES string of the molecule is Cn1c(-n2c(N)nc3nc[nH]c3c2=O)cc2c(C(F)(F)F)cc(OCCCN)cc21. The molecule has 0 fully saturated rings. The summed E-state index contributed by atoms with van der Waals surface area (Å²) >= 11 is 0. The van der Waals surface area contributed by atoms with E-state index in [1.165, 1.54) is 30.1 Å². The second-order valence-electron chi connectivity index (χ2n) is 6.67. The third kappa shape index (κ3) is 3.14. The number of aromatic amines is 1. The van der Waals surface area contributed by atoms with Gasteiger partial charge >= 0.3 is 6.18 Å². The first-order chi connectivity index (χ1) is 14.2. The van der Waals surface area contributed by atoms with Gasteiger partial charge in [0.25, 0.3) is 5.56 Å². The Labute approximate surface area is 167 Å². The number of hydrogen-bond acceptors (Lipinski definition) is 6. The number of aryl methyl sites for hydroxylation is 1. The summed E-state index contributed by atoms with van der Waals surface area (Å²) in [5.74, 6) is -0.0157. The number of hydrogen-bond donors (Lipinski definition) is 3. The van der Waals surface area contributed by atoms with E-state index in [1.807, 2.05) is 0 Å². The van der Waals surface area contributed by atoms with Gasteiger partial charge in [-0.1, -0.05) is 0 Å². The van der Waals surface area contributed by atoms with Crippen LogP contribution in [0.25, 0.3) is 27.9 Å². The van der Waals surface area contributed by atoms with Gasteiger partial charge in [-0.15, -0.1) is 0 Å². The van der Waals surface area contributed by atoms with Crippen molar-refractivity contribution in [2.24, 2.45) is 12.8 Å². The van der Waals surface area contributed by atoms with Crippen molar-refractivity contribution < 1.29 is 17.9 Å². The Balaban J connectivity index is 1.97.